The van der Waals surface area contributed by atoms with E-state index >= 15 is 0 Å². The van der Waals surface area contributed by atoms with Gasteiger partial charge in [-0.25, -0.2) is 0 Å². The molecule has 0 aromatic rings. The van der Waals surface area contributed by atoms with Crippen molar-refractivity contribution in [2.45, 2.75) is 45.4 Å². The maximum atomic E-state index is 8.61. The van der Waals surface area contributed by atoms with Crippen LogP contribution in [0.25, 0.3) is 0 Å². The van der Waals surface area contributed by atoms with Gasteiger partial charge in [-0.1, -0.05) is 32.6 Å². The number of rotatable bonds is 12. The van der Waals surface area contributed by atoms with Gasteiger partial charge in [-0.3, -0.25) is 0 Å². The maximum absolute atomic E-state index is 8.61. The van der Waals surface area contributed by atoms with Crippen LogP contribution in [0.2, 0.25) is 0 Å². The second-order valence-corrected chi connectivity index (χ2v) is 5.49. The van der Waals surface area contributed by atoms with Crippen molar-refractivity contribution in [1.82, 2.24) is 0 Å². The molecule has 3 heteroatoms. The molecule has 0 atom stereocenters. The fraction of sp³-hybridized carbons (Fsp3) is 1.00. The van der Waals surface area contributed by atoms with Gasteiger partial charge in [-0.05, 0) is 12.8 Å². The summed E-state index contributed by atoms with van der Waals surface area (Å²) in [6.45, 7) is 5.88. The predicted molar refractivity (Wildman–Crippen MR) is 73.1 cm³/mol. The number of likely N-dealkylation sites (N-methyl/N-ethyl adjacent to an activating group) is 1. The minimum absolute atomic E-state index is 0.130. The number of quaternary nitrogens is 1. The molecule has 0 aliphatic heterocycles. The van der Waals surface area contributed by atoms with E-state index in [1.165, 1.54) is 45.1 Å². The normalized spacial score (nSPS) is 12.0. The molecule has 3 nitrogen and oxygen atoms in total. The van der Waals surface area contributed by atoms with Gasteiger partial charge in [-0.15, -0.1) is 0 Å². The zero-order chi connectivity index (χ0) is 13.0. The topological polar surface area (TPSA) is 29.5 Å². The molecule has 0 rings (SSSR count). The van der Waals surface area contributed by atoms with Crippen LogP contribution in [0.1, 0.15) is 45.4 Å². The Morgan fingerprint density at radius 3 is 2.18 bits per heavy atom. The smallest absolute Gasteiger partial charge is 0.102 e. The third-order valence-electron chi connectivity index (χ3n) is 3.19. The van der Waals surface area contributed by atoms with E-state index < -0.39 is 0 Å². The summed E-state index contributed by atoms with van der Waals surface area (Å²) in [7, 11) is 4.52. The first-order valence-corrected chi connectivity index (χ1v) is 7.13. The largest absolute Gasteiger partial charge is 0.394 e. The molecule has 104 valence electrons. The SMILES string of the molecule is CCCCCCCC[N+](C)(C)CCOCCO. The zero-order valence-electron chi connectivity index (χ0n) is 12.1. The van der Waals surface area contributed by atoms with Crippen LogP contribution in [-0.2, 0) is 4.74 Å². The van der Waals surface area contributed by atoms with Gasteiger partial charge >= 0.3 is 0 Å². The molecule has 0 aromatic heterocycles. The number of hydrogen-bond acceptors (Lipinski definition) is 2. The summed E-state index contributed by atoms with van der Waals surface area (Å²) in [6, 6.07) is 0. The first-order chi connectivity index (χ1) is 8.12. The van der Waals surface area contributed by atoms with E-state index in [1.54, 1.807) is 0 Å². The molecule has 17 heavy (non-hydrogen) atoms. The molecule has 0 spiro atoms. The van der Waals surface area contributed by atoms with Crippen molar-refractivity contribution in [3.63, 3.8) is 0 Å². The van der Waals surface area contributed by atoms with Crippen LogP contribution < -0.4 is 0 Å². The Bertz CT molecular complexity index is 160. The van der Waals surface area contributed by atoms with Gasteiger partial charge in [0.2, 0.25) is 0 Å². The molecular weight excluding hydrogens is 214 g/mol. The summed E-state index contributed by atoms with van der Waals surface area (Å²) >= 11 is 0. The van der Waals surface area contributed by atoms with E-state index in [1.807, 2.05) is 0 Å². The highest BCUT2D eigenvalue weighted by atomic mass is 16.5. The number of hydrogen-bond donors (Lipinski definition) is 1. The van der Waals surface area contributed by atoms with Gasteiger partial charge in [0.1, 0.15) is 6.54 Å². The molecule has 0 aliphatic carbocycles. The highest BCUT2D eigenvalue weighted by Gasteiger charge is 2.13. The number of ether oxygens (including phenoxy) is 1. The van der Waals surface area contributed by atoms with Gasteiger partial charge < -0.3 is 14.3 Å². The zero-order valence-corrected chi connectivity index (χ0v) is 12.1. The summed E-state index contributed by atoms with van der Waals surface area (Å²) in [4.78, 5) is 0. The van der Waals surface area contributed by atoms with Crippen LogP contribution >= 0.6 is 0 Å². The van der Waals surface area contributed by atoms with Gasteiger partial charge in [-0.2, -0.15) is 0 Å². The number of aliphatic hydroxyl groups is 1. The fourth-order valence-corrected chi connectivity index (χ4v) is 1.91. The molecule has 0 aliphatic rings. The van der Waals surface area contributed by atoms with Crippen molar-refractivity contribution in [1.29, 1.82) is 0 Å². The second-order valence-electron chi connectivity index (χ2n) is 5.49. The highest BCUT2D eigenvalue weighted by molar-refractivity contribution is 4.44. The van der Waals surface area contributed by atoms with Gasteiger partial charge in [0.15, 0.2) is 0 Å². The van der Waals surface area contributed by atoms with Crippen molar-refractivity contribution in [3.8, 4) is 0 Å². The molecule has 0 heterocycles. The third kappa shape index (κ3) is 12.1. The van der Waals surface area contributed by atoms with Gasteiger partial charge in [0, 0.05) is 0 Å². The molecular formula is C14H32NO2+. The molecule has 1 N–H and O–H groups in total. The Kier molecular flexibility index (Phi) is 10.9. The summed E-state index contributed by atoms with van der Waals surface area (Å²) in [5, 5.41) is 8.61. The molecule has 0 fully saturated rings. The standard InChI is InChI=1S/C14H32NO2/c1-4-5-6-7-8-9-10-15(2,3)11-13-17-14-12-16/h16H,4-14H2,1-3H3/q+1. The van der Waals surface area contributed by atoms with Crippen molar-refractivity contribution >= 4 is 0 Å². The molecule has 0 amide bonds. The second kappa shape index (κ2) is 11.0. The maximum Gasteiger partial charge on any atom is 0.102 e. The van der Waals surface area contributed by atoms with Crippen molar-refractivity contribution in [3.05, 3.63) is 0 Å². The van der Waals surface area contributed by atoms with Crippen molar-refractivity contribution in [2.75, 3.05) is 47.0 Å². The van der Waals surface area contributed by atoms with Crippen LogP contribution in [0.15, 0.2) is 0 Å². The summed E-state index contributed by atoms with van der Waals surface area (Å²) < 4.78 is 6.34. The highest BCUT2D eigenvalue weighted by Crippen LogP contribution is 2.08. The fourth-order valence-electron chi connectivity index (χ4n) is 1.91. The molecule has 0 bridgehead atoms. The van der Waals surface area contributed by atoms with E-state index in [-0.39, 0.29) is 6.61 Å². The number of nitrogens with zero attached hydrogens (tertiary/aromatic N) is 1. The van der Waals surface area contributed by atoms with E-state index in [4.69, 9.17) is 9.84 Å². The Labute approximate surface area is 107 Å². The van der Waals surface area contributed by atoms with E-state index in [0.717, 1.165) is 17.6 Å². The number of unbranched alkanes of at least 4 members (excludes halogenated alkanes) is 5. The van der Waals surface area contributed by atoms with E-state index in [2.05, 4.69) is 21.0 Å². The average molecular weight is 246 g/mol. The summed E-state index contributed by atoms with van der Waals surface area (Å²) in [5.74, 6) is 0. The number of aliphatic hydroxyl groups excluding tert-OH is 1. The van der Waals surface area contributed by atoms with Crippen LogP contribution in [-0.4, -0.2) is 56.6 Å². The van der Waals surface area contributed by atoms with Crippen LogP contribution in [0.5, 0.6) is 0 Å². The first kappa shape index (κ1) is 16.9. The first-order valence-electron chi connectivity index (χ1n) is 7.13. The molecule has 0 saturated heterocycles. The summed E-state index contributed by atoms with van der Waals surface area (Å²) in [6.07, 6.45) is 8.16. The lowest BCUT2D eigenvalue weighted by molar-refractivity contribution is -0.891. The average Bonchev–Trinajstić information content (AvgIpc) is 2.29. The lowest BCUT2D eigenvalue weighted by atomic mass is 10.1. The van der Waals surface area contributed by atoms with Crippen molar-refractivity contribution in [2.24, 2.45) is 0 Å². The van der Waals surface area contributed by atoms with Crippen LogP contribution in [0, 0.1) is 0 Å². The Balaban J connectivity index is 3.37. The van der Waals surface area contributed by atoms with Gasteiger partial charge in [0.05, 0.1) is 40.5 Å². The molecule has 0 aromatic carbocycles. The lowest BCUT2D eigenvalue weighted by Gasteiger charge is -2.29. The van der Waals surface area contributed by atoms with Crippen LogP contribution in [0.4, 0.5) is 0 Å². The van der Waals surface area contributed by atoms with Crippen molar-refractivity contribution < 1.29 is 14.3 Å². The molecule has 0 saturated carbocycles. The Morgan fingerprint density at radius 2 is 1.53 bits per heavy atom. The predicted octanol–water partition coefficient (Wildman–Crippen LogP) is 2.43. The summed E-state index contributed by atoms with van der Waals surface area (Å²) in [5.41, 5.74) is 0. The Hall–Kier alpha value is -0.120. The molecule has 0 radical (unpaired) electrons. The van der Waals surface area contributed by atoms with E-state index in [0.29, 0.717) is 6.61 Å². The van der Waals surface area contributed by atoms with Crippen LogP contribution in [0.3, 0.4) is 0 Å². The third-order valence-corrected chi connectivity index (χ3v) is 3.19. The van der Waals surface area contributed by atoms with Gasteiger partial charge in [0.25, 0.3) is 0 Å². The minimum Gasteiger partial charge on any atom is -0.394 e. The minimum atomic E-state index is 0.130. The Morgan fingerprint density at radius 1 is 0.882 bits per heavy atom. The van der Waals surface area contributed by atoms with E-state index in [9.17, 15) is 0 Å². The molecule has 0 unspecified atom stereocenters. The monoisotopic (exact) mass is 246 g/mol. The lowest BCUT2D eigenvalue weighted by Crippen LogP contribution is -2.43. The quantitative estimate of drug-likeness (QED) is 0.423.